The van der Waals surface area contributed by atoms with Gasteiger partial charge in [-0.2, -0.15) is 0 Å². The van der Waals surface area contributed by atoms with Gasteiger partial charge in [-0.25, -0.2) is 0 Å². The van der Waals surface area contributed by atoms with Crippen molar-refractivity contribution in [1.29, 1.82) is 0 Å². The predicted molar refractivity (Wildman–Crippen MR) is 82.4 cm³/mol. The van der Waals surface area contributed by atoms with E-state index >= 15 is 0 Å². The summed E-state index contributed by atoms with van der Waals surface area (Å²) in [5, 5.41) is 0. The molecule has 0 heterocycles. The molecule has 0 unspecified atom stereocenters. The van der Waals surface area contributed by atoms with Crippen LogP contribution in [-0.2, 0) is 0 Å². The maximum atomic E-state index is 12.2. The molecule has 0 N–H and O–H groups in total. The Hall–Kier alpha value is -2.18. The largest absolute Gasteiger partial charge is 0.495 e. The molecule has 2 aromatic carbocycles. The third-order valence-electron chi connectivity index (χ3n) is 2.77. The average Bonchev–Trinajstić information content (AvgIpc) is 2.52. The summed E-state index contributed by atoms with van der Waals surface area (Å²) >= 11 is 1.54. The highest BCUT2D eigenvalue weighted by Gasteiger charge is 2.07. The fourth-order valence-electron chi connectivity index (χ4n) is 1.77. The fraction of sp³-hybridized carbons (Fsp3) is 0.118. The Kier molecular flexibility index (Phi) is 4.86. The van der Waals surface area contributed by atoms with Gasteiger partial charge >= 0.3 is 0 Å². The number of carbonyl (C=O) groups is 1. The van der Waals surface area contributed by atoms with Crippen molar-refractivity contribution in [2.45, 2.75) is 4.90 Å². The first-order valence-electron chi connectivity index (χ1n) is 6.08. The minimum atomic E-state index is -0.180. The van der Waals surface area contributed by atoms with Crippen LogP contribution in [0.25, 0.3) is 0 Å². The summed E-state index contributed by atoms with van der Waals surface area (Å²) in [6.07, 6.45) is 1.94. The zero-order chi connectivity index (χ0) is 14.4. The highest BCUT2D eigenvalue weighted by molar-refractivity contribution is 7.98. The van der Waals surface area contributed by atoms with Crippen LogP contribution in [0, 0.1) is 11.8 Å². The zero-order valence-corrected chi connectivity index (χ0v) is 12.2. The maximum absolute atomic E-state index is 12.2. The van der Waals surface area contributed by atoms with E-state index in [0.717, 1.165) is 4.90 Å². The van der Waals surface area contributed by atoms with Crippen LogP contribution in [0.4, 0.5) is 0 Å². The van der Waals surface area contributed by atoms with Gasteiger partial charge < -0.3 is 4.74 Å². The number of hydrogen-bond acceptors (Lipinski definition) is 3. The molecule has 0 spiro atoms. The van der Waals surface area contributed by atoms with E-state index in [4.69, 9.17) is 4.74 Å². The molecule has 0 aliphatic heterocycles. The van der Waals surface area contributed by atoms with Gasteiger partial charge in [0.05, 0.1) is 12.7 Å². The third kappa shape index (κ3) is 3.23. The lowest BCUT2D eigenvalue weighted by atomic mass is 10.1. The first kappa shape index (κ1) is 14.2. The number of hydrogen-bond donors (Lipinski definition) is 0. The number of carbonyl (C=O) groups excluding carboxylic acids is 1. The molecule has 2 aromatic rings. The van der Waals surface area contributed by atoms with Crippen LogP contribution < -0.4 is 4.74 Å². The van der Waals surface area contributed by atoms with Gasteiger partial charge in [-0.05, 0) is 36.4 Å². The zero-order valence-electron chi connectivity index (χ0n) is 11.3. The van der Waals surface area contributed by atoms with E-state index in [0.29, 0.717) is 16.9 Å². The van der Waals surface area contributed by atoms with Crippen molar-refractivity contribution in [3.8, 4) is 17.6 Å². The summed E-state index contributed by atoms with van der Waals surface area (Å²) in [7, 11) is 1.59. The number of ether oxygens (including phenoxy) is 1. The molecule has 0 atom stereocenters. The fourth-order valence-corrected chi connectivity index (χ4v) is 2.37. The van der Waals surface area contributed by atoms with Crippen LogP contribution in [0.5, 0.6) is 5.75 Å². The summed E-state index contributed by atoms with van der Waals surface area (Å²) < 4.78 is 5.21. The molecule has 0 saturated carbocycles. The number of para-hydroxylation sites is 1. The lowest BCUT2D eigenvalue weighted by Gasteiger charge is -2.02. The highest BCUT2D eigenvalue weighted by Crippen LogP contribution is 2.20. The van der Waals surface area contributed by atoms with Gasteiger partial charge in [0.25, 0.3) is 0 Å². The Morgan fingerprint density at radius 3 is 2.55 bits per heavy atom. The van der Waals surface area contributed by atoms with Crippen molar-refractivity contribution in [2.75, 3.05) is 13.4 Å². The Bertz CT molecular complexity index is 681. The lowest BCUT2D eigenvalue weighted by molar-refractivity contribution is 0.105. The molecule has 0 bridgehead atoms. The van der Waals surface area contributed by atoms with E-state index in [2.05, 4.69) is 11.8 Å². The standard InChI is InChI=1S/C17H14O2S/c1-19-16-9-5-3-7-13(16)11-12-15(18)14-8-4-6-10-17(14)20-2/h3-10H,1-2H3. The molecule has 100 valence electrons. The molecule has 20 heavy (non-hydrogen) atoms. The summed E-state index contributed by atoms with van der Waals surface area (Å²) in [5.74, 6) is 6.05. The Balaban J connectivity index is 2.31. The van der Waals surface area contributed by atoms with Crippen molar-refractivity contribution < 1.29 is 9.53 Å². The summed E-state index contributed by atoms with van der Waals surface area (Å²) in [5.41, 5.74) is 1.35. The van der Waals surface area contributed by atoms with E-state index in [1.165, 1.54) is 11.8 Å². The van der Waals surface area contributed by atoms with Crippen LogP contribution in [0.15, 0.2) is 53.4 Å². The molecule has 0 aliphatic rings. The first-order chi connectivity index (χ1) is 9.76. The van der Waals surface area contributed by atoms with Crippen LogP contribution in [-0.4, -0.2) is 19.1 Å². The van der Waals surface area contributed by atoms with Crippen LogP contribution in [0.1, 0.15) is 15.9 Å². The van der Waals surface area contributed by atoms with Gasteiger partial charge in [-0.1, -0.05) is 30.2 Å². The SMILES string of the molecule is COc1ccccc1C#CC(=O)c1ccccc1SC. The number of thioether (sulfide) groups is 1. The number of Topliss-reactive ketones (excluding diaryl/α,β-unsaturated/α-hetero) is 1. The van der Waals surface area contributed by atoms with Crippen molar-refractivity contribution in [1.82, 2.24) is 0 Å². The predicted octanol–water partition coefficient (Wildman–Crippen LogP) is 3.65. The monoisotopic (exact) mass is 282 g/mol. The lowest BCUT2D eigenvalue weighted by Crippen LogP contribution is -1.97. The number of methoxy groups -OCH3 is 1. The topological polar surface area (TPSA) is 26.3 Å². The van der Waals surface area contributed by atoms with Crippen LogP contribution in [0.2, 0.25) is 0 Å². The Morgan fingerprint density at radius 1 is 1.10 bits per heavy atom. The second-order valence-electron chi connectivity index (χ2n) is 3.98. The Morgan fingerprint density at radius 2 is 1.80 bits per heavy atom. The molecule has 0 fully saturated rings. The first-order valence-corrected chi connectivity index (χ1v) is 7.31. The molecular formula is C17H14O2S. The number of benzene rings is 2. The molecule has 0 aliphatic carbocycles. The number of ketones is 1. The summed E-state index contributed by atoms with van der Waals surface area (Å²) in [6, 6.07) is 14.9. The van der Waals surface area contributed by atoms with E-state index < -0.39 is 0 Å². The molecule has 3 heteroatoms. The van der Waals surface area contributed by atoms with Gasteiger partial charge in [-0.15, -0.1) is 11.8 Å². The molecule has 2 rings (SSSR count). The average molecular weight is 282 g/mol. The van der Waals surface area contributed by atoms with E-state index in [9.17, 15) is 4.79 Å². The Labute approximate surface area is 123 Å². The summed E-state index contributed by atoms with van der Waals surface area (Å²) in [6.45, 7) is 0. The number of rotatable bonds is 3. The smallest absolute Gasteiger partial charge is 0.237 e. The second-order valence-corrected chi connectivity index (χ2v) is 4.83. The summed E-state index contributed by atoms with van der Waals surface area (Å²) in [4.78, 5) is 13.1. The molecule has 0 saturated heterocycles. The molecule has 0 amide bonds. The van der Waals surface area contributed by atoms with Crippen molar-refractivity contribution >= 4 is 17.5 Å². The van der Waals surface area contributed by atoms with Crippen molar-refractivity contribution in [3.05, 3.63) is 59.7 Å². The van der Waals surface area contributed by atoms with E-state index in [1.807, 2.05) is 48.7 Å². The van der Waals surface area contributed by atoms with Crippen molar-refractivity contribution in [3.63, 3.8) is 0 Å². The molecule has 0 radical (unpaired) electrons. The highest BCUT2D eigenvalue weighted by atomic mass is 32.2. The van der Waals surface area contributed by atoms with E-state index in [1.54, 1.807) is 13.2 Å². The quantitative estimate of drug-likeness (QED) is 0.488. The van der Waals surface area contributed by atoms with Gasteiger partial charge in [0.2, 0.25) is 5.78 Å². The van der Waals surface area contributed by atoms with Crippen LogP contribution in [0.3, 0.4) is 0 Å². The molecule has 0 aromatic heterocycles. The maximum Gasteiger partial charge on any atom is 0.237 e. The van der Waals surface area contributed by atoms with Crippen molar-refractivity contribution in [2.24, 2.45) is 0 Å². The second kappa shape index (κ2) is 6.83. The molecule has 2 nitrogen and oxygen atoms in total. The third-order valence-corrected chi connectivity index (χ3v) is 3.57. The van der Waals surface area contributed by atoms with E-state index in [-0.39, 0.29) is 5.78 Å². The van der Waals surface area contributed by atoms with Gasteiger partial charge in [-0.3, -0.25) is 4.79 Å². The van der Waals surface area contributed by atoms with Crippen LogP contribution >= 0.6 is 11.8 Å². The normalized spacial score (nSPS) is 9.50. The molecular weight excluding hydrogens is 268 g/mol. The van der Waals surface area contributed by atoms with Gasteiger partial charge in [0.1, 0.15) is 5.75 Å². The van der Waals surface area contributed by atoms with Gasteiger partial charge in [0, 0.05) is 10.5 Å². The van der Waals surface area contributed by atoms with Gasteiger partial charge in [0.15, 0.2) is 0 Å². The minimum Gasteiger partial charge on any atom is -0.495 e. The minimum absolute atomic E-state index is 0.180.